The largest absolute Gasteiger partial charge is 0.308 e. The number of carbonyl (C=O) groups excluding carboxylic acids is 1. The monoisotopic (exact) mass is 244 g/mol. The van der Waals surface area contributed by atoms with Gasteiger partial charge in [-0.25, -0.2) is 9.97 Å². The zero-order valence-electron chi connectivity index (χ0n) is 7.74. The molecule has 0 amide bonds. The van der Waals surface area contributed by atoms with Crippen LogP contribution in [0.1, 0.15) is 6.92 Å². The molecule has 0 N–H and O–H groups in total. The molecule has 15 heavy (non-hydrogen) atoms. The molecule has 0 unspecified atom stereocenters. The maximum absolute atomic E-state index is 11.0. The lowest BCUT2D eigenvalue weighted by molar-refractivity contribution is -0.117. The Morgan fingerprint density at radius 2 is 2.20 bits per heavy atom. The first kappa shape index (κ1) is 10.3. The van der Waals surface area contributed by atoms with Crippen molar-refractivity contribution in [2.75, 3.05) is 0 Å². The van der Waals surface area contributed by atoms with E-state index in [1.807, 2.05) is 0 Å². The number of hydrogen-bond acceptors (Lipinski definition) is 4. The molecule has 2 aromatic rings. The van der Waals surface area contributed by atoms with E-state index in [0.29, 0.717) is 11.2 Å². The van der Waals surface area contributed by atoms with Crippen LogP contribution in [-0.4, -0.2) is 25.3 Å². The van der Waals surface area contributed by atoms with Crippen molar-refractivity contribution in [1.82, 2.24) is 19.5 Å². The molecule has 5 nitrogen and oxygen atoms in total. The number of Topliss-reactive ketones (excluding diaryl/α,β-unsaturated/α-hetero) is 1. The van der Waals surface area contributed by atoms with Crippen LogP contribution in [-0.2, 0) is 11.3 Å². The molecule has 0 atom stereocenters. The lowest BCUT2D eigenvalue weighted by Gasteiger charge is -1.99. The number of halogens is 2. The van der Waals surface area contributed by atoms with Crippen LogP contribution < -0.4 is 0 Å². The Bertz CT molecular complexity index is 537. The lowest BCUT2D eigenvalue weighted by atomic mass is 10.4. The standard InChI is InChI=1S/C8H6Cl2N4O/c1-4(15)2-14-3-11-5-6(9)12-8(10)13-7(5)14/h3H,2H2,1H3. The van der Waals surface area contributed by atoms with Gasteiger partial charge in [0.2, 0.25) is 5.28 Å². The molecule has 0 saturated heterocycles. The van der Waals surface area contributed by atoms with E-state index >= 15 is 0 Å². The van der Waals surface area contributed by atoms with Crippen LogP contribution in [0.15, 0.2) is 6.33 Å². The van der Waals surface area contributed by atoms with Crippen molar-refractivity contribution in [3.05, 3.63) is 16.8 Å². The van der Waals surface area contributed by atoms with Crippen LogP contribution in [0.2, 0.25) is 10.4 Å². The summed E-state index contributed by atoms with van der Waals surface area (Å²) in [4.78, 5) is 22.7. The number of nitrogens with zero attached hydrogens (tertiary/aromatic N) is 4. The Hall–Kier alpha value is -1.20. The molecule has 2 aromatic heterocycles. The van der Waals surface area contributed by atoms with Gasteiger partial charge in [-0.1, -0.05) is 11.6 Å². The molecule has 0 fully saturated rings. The highest BCUT2D eigenvalue weighted by Crippen LogP contribution is 2.20. The molecule has 0 radical (unpaired) electrons. The molecule has 0 spiro atoms. The summed E-state index contributed by atoms with van der Waals surface area (Å²) in [7, 11) is 0. The van der Waals surface area contributed by atoms with Gasteiger partial charge in [0.25, 0.3) is 0 Å². The third kappa shape index (κ3) is 1.93. The first-order valence-electron chi connectivity index (χ1n) is 4.11. The molecule has 0 aromatic carbocycles. The minimum atomic E-state index is 0.000146. The van der Waals surface area contributed by atoms with Crippen LogP contribution in [0.25, 0.3) is 11.2 Å². The van der Waals surface area contributed by atoms with Crippen molar-refractivity contribution in [2.24, 2.45) is 0 Å². The molecule has 0 bridgehead atoms. The van der Waals surface area contributed by atoms with E-state index in [9.17, 15) is 4.79 Å². The highest BCUT2D eigenvalue weighted by molar-refractivity contribution is 6.35. The fourth-order valence-electron chi connectivity index (χ4n) is 1.24. The number of carbonyl (C=O) groups is 1. The summed E-state index contributed by atoms with van der Waals surface area (Å²) in [6.45, 7) is 1.68. The second kappa shape index (κ2) is 3.75. The molecule has 7 heteroatoms. The molecule has 0 saturated carbocycles. The van der Waals surface area contributed by atoms with E-state index in [1.165, 1.54) is 13.3 Å². The van der Waals surface area contributed by atoms with Crippen LogP contribution in [0.5, 0.6) is 0 Å². The lowest BCUT2D eigenvalue weighted by Crippen LogP contribution is -2.05. The van der Waals surface area contributed by atoms with Crippen molar-refractivity contribution >= 4 is 40.1 Å². The smallest absolute Gasteiger partial charge is 0.225 e. The number of hydrogen-bond donors (Lipinski definition) is 0. The molecule has 0 aliphatic rings. The minimum absolute atomic E-state index is 0.000146. The molecule has 0 aliphatic carbocycles. The van der Waals surface area contributed by atoms with Crippen molar-refractivity contribution < 1.29 is 4.79 Å². The molecule has 2 rings (SSSR count). The molecule has 0 aliphatic heterocycles. The van der Waals surface area contributed by atoms with Crippen molar-refractivity contribution in [3.63, 3.8) is 0 Å². The van der Waals surface area contributed by atoms with Crippen LogP contribution in [0.4, 0.5) is 0 Å². The van der Waals surface area contributed by atoms with Gasteiger partial charge in [0.1, 0.15) is 11.3 Å². The van der Waals surface area contributed by atoms with Gasteiger partial charge in [-0.2, -0.15) is 4.98 Å². The van der Waals surface area contributed by atoms with Gasteiger partial charge in [-0.15, -0.1) is 0 Å². The van der Waals surface area contributed by atoms with Crippen LogP contribution in [0, 0.1) is 0 Å². The highest BCUT2D eigenvalue weighted by atomic mass is 35.5. The van der Waals surface area contributed by atoms with E-state index in [2.05, 4.69) is 15.0 Å². The number of fused-ring (bicyclic) bond motifs is 1. The van der Waals surface area contributed by atoms with Crippen LogP contribution in [0.3, 0.4) is 0 Å². The predicted molar refractivity (Wildman–Crippen MR) is 56.0 cm³/mol. The minimum Gasteiger partial charge on any atom is -0.308 e. The van der Waals surface area contributed by atoms with Crippen LogP contribution >= 0.6 is 23.2 Å². The van der Waals surface area contributed by atoms with Crippen molar-refractivity contribution in [3.8, 4) is 0 Å². The summed E-state index contributed by atoms with van der Waals surface area (Å²) in [5.74, 6) is 0.000146. The third-order valence-corrected chi connectivity index (χ3v) is 2.22. The average Bonchev–Trinajstić information content (AvgIpc) is 2.48. The topological polar surface area (TPSA) is 60.7 Å². The molecule has 78 valence electrons. The second-order valence-corrected chi connectivity index (χ2v) is 3.73. The normalized spacial score (nSPS) is 10.9. The Kier molecular flexibility index (Phi) is 2.58. The maximum atomic E-state index is 11.0. The zero-order valence-corrected chi connectivity index (χ0v) is 9.25. The molecular weight excluding hydrogens is 239 g/mol. The van der Waals surface area contributed by atoms with Crippen molar-refractivity contribution in [1.29, 1.82) is 0 Å². The van der Waals surface area contributed by atoms with Crippen molar-refractivity contribution in [2.45, 2.75) is 13.5 Å². The van der Waals surface area contributed by atoms with Gasteiger partial charge in [-0.05, 0) is 18.5 Å². The number of imidazole rings is 1. The van der Waals surface area contributed by atoms with Gasteiger partial charge in [0.15, 0.2) is 10.8 Å². The van der Waals surface area contributed by atoms with E-state index < -0.39 is 0 Å². The predicted octanol–water partition coefficient (Wildman–Crippen LogP) is 1.72. The van der Waals surface area contributed by atoms with E-state index in [0.717, 1.165) is 0 Å². The summed E-state index contributed by atoms with van der Waals surface area (Å²) < 4.78 is 1.58. The Labute approximate surface area is 95.1 Å². The fraction of sp³-hybridized carbons (Fsp3) is 0.250. The van der Waals surface area contributed by atoms with E-state index in [-0.39, 0.29) is 22.8 Å². The van der Waals surface area contributed by atoms with Gasteiger partial charge >= 0.3 is 0 Å². The highest BCUT2D eigenvalue weighted by Gasteiger charge is 2.11. The first-order chi connectivity index (χ1) is 7.08. The number of aromatic nitrogens is 4. The van der Waals surface area contributed by atoms with E-state index in [1.54, 1.807) is 4.57 Å². The summed E-state index contributed by atoms with van der Waals surface area (Å²) in [5.41, 5.74) is 0.914. The second-order valence-electron chi connectivity index (χ2n) is 3.03. The Morgan fingerprint density at radius 1 is 1.47 bits per heavy atom. The molecule has 2 heterocycles. The maximum Gasteiger partial charge on any atom is 0.225 e. The van der Waals surface area contributed by atoms with Gasteiger partial charge < -0.3 is 4.57 Å². The first-order valence-corrected chi connectivity index (χ1v) is 4.87. The van der Waals surface area contributed by atoms with Gasteiger partial charge in [0, 0.05) is 0 Å². The van der Waals surface area contributed by atoms with E-state index in [4.69, 9.17) is 23.2 Å². The Balaban J connectivity index is 2.63. The third-order valence-electron chi connectivity index (χ3n) is 1.79. The summed E-state index contributed by atoms with van der Waals surface area (Å²) in [6.07, 6.45) is 1.49. The molecular formula is C8H6Cl2N4O. The Morgan fingerprint density at radius 3 is 2.87 bits per heavy atom. The summed E-state index contributed by atoms with van der Waals surface area (Å²) in [5, 5.41) is 0.227. The zero-order chi connectivity index (χ0) is 11.0. The number of rotatable bonds is 2. The van der Waals surface area contributed by atoms with Gasteiger partial charge in [-0.3, -0.25) is 4.79 Å². The summed E-state index contributed by atoms with van der Waals surface area (Å²) in [6, 6.07) is 0. The number of ketones is 1. The van der Waals surface area contributed by atoms with Gasteiger partial charge in [0.05, 0.1) is 12.9 Å². The summed E-state index contributed by atoms with van der Waals surface area (Å²) >= 11 is 11.5. The fourth-order valence-corrected chi connectivity index (χ4v) is 1.66. The SMILES string of the molecule is CC(=O)Cn1cnc2c(Cl)nc(Cl)nc21. The quantitative estimate of drug-likeness (QED) is 0.597. The average molecular weight is 245 g/mol.